The number of benzene rings is 4. The van der Waals surface area contributed by atoms with Crippen LogP contribution < -0.4 is 19.7 Å². The molecule has 4 aromatic carbocycles. The average molecular weight is 795 g/mol. The molecule has 5 aromatic rings. The molecule has 1 fully saturated rings. The number of methoxy groups -OCH3 is 1. The second kappa shape index (κ2) is 15.0. The smallest absolute Gasteiger partial charge is 0.264 e. The SMILES string of the molecule is COc1ccc([Si](C)(C)[C@@H]2[C@@H](CCn3cc(CCO)nn3)O[C@]3(C(=O)N(Cc4cccc(N(C=O)c5ccccc5)c4)c4ccc(Br)cc43)[C@H]2C)cc1. The lowest BCUT2D eigenvalue weighted by molar-refractivity contribution is -0.146. The Bertz CT molecular complexity index is 2090. The van der Waals surface area contributed by atoms with Crippen molar-refractivity contribution in [3.05, 3.63) is 125 Å². The maximum Gasteiger partial charge on any atom is 0.264 e. The van der Waals surface area contributed by atoms with Gasteiger partial charge < -0.3 is 19.5 Å². The summed E-state index contributed by atoms with van der Waals surface area (Å²) in [5, 5.41) is 19.2. The van der Waals surface area contributed by atoms with Crippen LogP contribution in [-0.2, 0) is 39.4 Å². The number of aromatic nitrogens is 3. The molecule has 1 spiro atoms. The molecule has 2 amide bonds. The molecule has 1 aromatic heterocycles. The van der Waals surface area contributed by atoms with Crippen LogP contribution in [0.5, 0.6) is 5.75 Å². The Morgan fingerprint density at radius 2 is 1.77 bits per heavy atom. The number of aliphatic hydroxyl groups is 1. The Balaban J connectivity index is 1.26. The largest absolute Gasteiger partial charge is 0.497 e. The molecule has 0 aliphatic carbocycles. The van der Waals surface area contributed by atoms with Crippen LogP contribution in [0.2, 0.25) is 18.6 Å². The van der Waals surface area contributed by atoms with Gasteiger partial charge in [-0.3, -0.25) is 19.2 Å². The Labute approximate surface area is 319 Å². The maximum atomic E-state index is 15.3. The highest BCUT2D eigenvalue weighted by atomic mass is 79.9. The monoisotopic (exact) mass is 793 g/mol. The van der Waals surface area contributed by atoms with Gasteiger partial charge in [0.15, 0.2) is 5.60 Å². The van der Waals surface area contributed by atoms with E-state index in [1.165, 1.54) is 5.19 Å². The number of halogens is 1. The van der Waals surface area contributed by atoms with Gasteiger partial charge in [-0.15, -0.1) is 5.10 Å². The average Bonchev–Trinajstić information content (AvgIpc) is 3.81. The fraction of sp³-hybridized carbons (Fsp3) is 0.317. The van der Waals surface area contributed by atoms with Gasteiger partial charge >= 0.3 is 0 Å². The number of nitrogens with zero attached hydrogens (tertiary/aromatic N) is 5. The standard InChI is InChI=1S/C41H44BrN5O5Si/c1-28-39(53(3,4)35-16-14-34(51-2)15-17-35)38(19-21-45-26-31(20-22-48)43-44-45)52-41(28)36-24-30(42)13-18-37(36)46(40(41)50)25-29-9-8-12-33(23-29)47(27-49)32-10-6-5-7-11-32/h5-18,23-24,26-28,38-39,48H,19-22,25H2,1-4H3/t28-,38+,39-,41+/m0/s1. The molecule has 0 saturated carbocycles. The van der Waals surface area contributed by atoms with Crippen LogP contribution in [0.25, 0.3) is 0 Å². The number of ether oxygens (including phenoxy) is 2. The van der Waals surface area contributed by atoms with Gasteiger partial charge in [0.1, 0.15) is 5.75 Å². The van der Waals surface area contributed by atoms with Gasteiger partial charge in [0.25, 0.3) is 5.91 Å². The number of hydrogen-bond acceptors (Lipinski definition) is 7. The van der Waals surface area contributed by atoms with Gasteiger partial charge in [-0.05, 0) is 72.1 Å². The Morgan fingerprint density at radius 1 is 1.02 bits per heavy atom. The van der Waals surface area contributed by atoms with Gasteiger partial charge in [-0.1, -0.05) is 88.8 Å². The van der Waals surface area contributed by atoms with Gasteiger partial charge in [0.2, 0.25) is 6.41 Å². The van der Waals surface area contributed by atoms with E-state index in [1.54, 1.807) is 16.7 Å². The molecule has 12 heteroatoms. The number of carbonyl (C=O) groups excluding carboxylic acids is 2. The first-order valence-corrected chi connectivity index (χ1v) is 21.8. The summed E-state index contributed by atoms with van der Waals surface area (Å²) in [6, 6.07) is 31.6. The molecule has 1 saturated heterocycles. The molecule has 3 heterocycles. The van der Waals surface area contributed by atoms with Crippen LogP contribution in [0.4, 0.5) is 17.1 Å². The van der Waals surface area contributed by atoms with E-state index < -0.39 is 13.7 Å². The molecule has 1 N–H and O–H groups in total. The first-order chi connectivity index (χ1) is 25.6. The molecule has 4 atom stereocenters. The summed E-state index contributed by atoms with van der Waals surface area (Å²) in [4.78, 5) is 31.0. The zero-order chi connectivity index (χ0) is 37.3. The predicted octanol–water partition coefficient (Wildman–Crippen LogP) is 6.73. The van der Waals surface area contributed by atoms with E-state index in [0.717, 1.165) is 44.8 Å². The minimum absolute atomic E-state index is 0.00837. The highest BCUT2D eigenvalue weighted by Gasteiger charge is 2.66. The summed E-state index contributed by atoms with van der Waals surface area (Å²) in [6.45, 7) is 7.80. The first kappa shape index (κ1) is 36.7. The zero-order valence-electron chi connectivity index (χ0n) is 30.4. The van der Waals surface area contributed by atoms with Crippen molar-refractivity contribution >= 4 is 58.6 Å². The van der Waals surface area contributed by atoms with Gasteiger partial charge in [0, 0.05) is 53.1 Å². The molecule has 10 nitrogen and oxygen atoms in total. The van der Waals surface area contributed by atoms with Crippen LogP contribution in [-0.4, -0.2) is 60.3 Å². The van der Waals surface area contributed by atoms with Crippen LogP contribution in [0.15, 0.2) is 108 Å². The third-order valence-electron chi connectivity index (χ3n) is 11.1. The van der Waals surface area contributed by atoms with Crippen LogP contribution in [0.3, 0.4) is 0 Å². The van der Waals surface area contributed by atoms with Crippen molar-refractivity contribution in [1.82, 2.24) is 15.0 Å². The van der Waals surface area contributed by atoms with Crippen molar-refractivity contribution in [1.29, 1.82) is 0 Å². The molecular formula is C41H44BrN5O5Si. The molecular weight excluding hydrogens is 750 g/mol. The van der Waals surface area contributed by atoms with Crippen molar-refractivity contribution in [2.24, 2.45) is 5.92 Å². The molecule has 0 unspecified atom stereocenters. The molecule has 2 aliphatic rings. The number of aryl methyl sites for hydroxylation is 1. The number of carbonyl (C=O) groups is 2. The van der Waals surface area contributed by atoms with Crippen molar-refractivity contribution in [2.75, 3.05) is 23.5 Å². The fourth-order valence-electron chi connectivity index (χ4n) is 8.50. The van der Waals surface area contributed by atoms with Crippen molar-refractivity contribution in [3.63, 3.8) is 0 Å². The summed E-state index contributed by atoms with van der Waals surface area (Å²) in [5.41, 5.74) is 3.62. The minimum atomic E-state index is -2.34. The second-order valence-corrected chi connectivity index (χ2v) is 20.0. The fourth-order valence-corrected chi connectivity index (χ4v) is 12.9. The maximum absolute atomic E-state index is 15.3. The molecule has 0 bridgehead atoms. The van der Waals surface area contributed by atoms with Crippen molar-refractivity contribution in [2.45, 2.75) is 63.2 Å². The van der Waals surface area contributed by atoms with Crippen LogP contribution >= 0.6 is 15.9 Å². The number of anilines is 3. The van der Waals surface area contributed by atoms with Gasteiger partial charge in [-0.25, -0.2) is 0 Å². The predicted molar refractivity (Wildman–Crippen MR) is 211 cm³/mol. The third-order valence-corrected chi connectivity index (χ3v) is 15.9. The van der Waals surface area contributed by atoms with Crippen LogP contribution in [0.1, 0.15) is 30.2 Å². The zero-order valence-corrected chi connectivity index (χ0v) is 32.9. The number of aliphatic hydroxyl groups excluding tert-OH is 1. The lowest BCUT2D eigenvalue weighted by atomic mass is 9.82. The third kappa shape index (κ3) is 6.73. The summed E-state index contributed by atoms with van der Waals surface area (Å²) >= 11 is 3.71. The number of rotatable bonds is 13. The van der Waals surface area contributed by atoms with E-state index >= 15 is 4.79 Å². The molecule has 2 aliphatic heterocycles. The number of amides is 2. The normalized spacial score (nSPS) is 20.9. The van der Waals surface area contributed by atoms with E-state index in [2.05, 4.69) is 58.4 Å². The van der Waals surface area contributed by atoms with Crippen molar-refractivity contribution in [3.8, 4) is 5.75 Å². The summed E-state index contributed by atoms with van der Waals surface area (Å²) in [6.07, 6.45) is 3.50. The lowest BCUT2D eigenvalue weighted by Crippen LogP contribution is -2.51. The quantitative estimate of drug-likeness (QED) is 0.104. The summed E-state index contributed by atoms with van der Waals surface area (Å²) in [7, 11) is -0.673. The highest BCUT2D eigenvalue weighted by molar-refractivity contribution is 9.10. The molecule has 7 rings (SSSR count). The minimum Gasteiger partial charge on any atom is -0.497 e. The molecule has 274 valence electrons. The summed E-state index contributed by atoms with van der Waals surface area (Å²) in [5.74, 6) is 0.547. The van der Waals surface area contributed by atoms with E-state index in [-0.39, 0.29) is 30.1 Å². The Kier molecular flexibility index (Phi) is 10.4. The van der Waals surface area contributed by atoms with Crippen LogP contribution in [0, 0.1) is 5.92 Å². The highest BCUT2D eigenvalue weighted by Crippen LogP contribution is 2.60. The number of fused-ring (bicyclic) bond motifs is 2. The molecule has 0 radical (unpaired) electrons. The number of hydrogen-bond donors (Lipinski definition) is 1. The lowest BCUT2D eigenvalue weighted by Gasteiger charge is -2.37. The Hall–Kier alpha value is -4.62. The second-order valence-electron chi connectivity index (χ2n) is 14.4. The van der Waals surface area contributed by atoms with Crippen molar-refractivity contribution < 1.29 is 24.2 Å². The van der Waals surface area contributed by atoms with E-state index in [1.807, 2.05) is 96.0 Å². The van der Waals surface area contributed by atoms with E-state index in [9.17, 15) is 9.90 Å². The van der Waals surface area contributed by atoms with E-state index in [4.69, 9.17) is 9.47 Å². The van der Waals surface area contributed by atoms with E-state index in [0.29, 0.717) is 31.6 Å². The molecule has 53 heavy (non-hydrogen) atoms. The summed E-state index contributed by atoms with van der Waals surface area (Å²) < 4.78 is 15.5. The number of para-hydroxylation sites is 1. The topological polar surface area (TPSA) is 110 Å². The van der Waals surface area contributed by atoms with Gasteiger partial charge in [-0.2, -0.15) is 0 Å². The van der Waals surface area contributed by atoms with Gasteiger partial charge in [0.05, 0.1) is 39.2 Å². The first-order valence-electron chi connectivity index (χ1n) is 17.9. The Morgan fingerprint density at radius 3 is 2.49 bits per heavy atom.